The van der Waals surface area contributed by atoms with Gasteiger partial charge in [-0.3, -0.25) is 4.90 Å². The van der Waals surface area contributed by atoms with Crippen LogP contribution in [0.3, 0.4) is 0 Å². The molecule has 7 heteroatoms. The molecule has 7 nitrogen and oxygen atoms in total. The molecule has 0 radical (unpaired) electrons. The summed E-state index contributed by atoms with van der Waals surface area (Å²) < 4.78 is 0. The van der Waals surface area contributed by atoms with Crippen molar-refractivity contribution >= 4 is 22.7 Å². The SMILES string of the molecule is O=C(On1nnc2ccccc21)c1ccc(N2CCN([C@H]3CC[C@H](C4CCCCC4)CC3)CC2)cc1. The van der Waals surface area contributed by atoms with E-state index in [2.05, 4.69) is 20.1 Å². The molecule has 1 aromatic heterocycles. The average molecular weight is 488 g/mol. The average Bonchev–Trinajstić information content (AvgIpc) is 3.36. The van der Waals surface area contributed by atoms with Crippen molar-refractivity contribution in [3.05, 3.63) is 54.1 Å². The first kappa shape index (κ1) is 23.5. The number of carbonyl (C=O) groups excluding carboxylic acids is 1. The molecule has 2 aliphatic carbocycles. The van der Waals surface area contributed by atoms with Crippen molar-refractivity contribution in [2.75, 3.05) is 31.1 Å². The molecule has 0 bridgehead atoms. The Balaban J connectivity index is 0.992. The second-order valence-corrected chi connectivity index (χ2v) is 10.9. The van der Waals surface area contributed by atoms with Gasteiger partial charge in [0.25, 0.3) is 0 Å². The molecule has 0 spiro atoms. The molecule has 2 heterocycles. The van der Waals surface area contributed by atoms with Gasteiger partial charge in [-0.15, -0.1) is 5.10 Å². The zero-order valence-electron chi connectivity index (χ0n) is 21.1. The van der Waals surface area contributed by atoms with Gasteiger partial charge in [-0.05, 0) is 79.1 Å². The number of aromatic nitrogens is 3. The maximum atomic E-state index is 12.7. The Kier molecular flexibility index (Phi) is 6.90. The minimum Gasteiger partial charge on any atom is -0.369 e. The van der Waals surface area contributed by atoms with Crippen LogP contribution < -0.4 is 9.74 Å². The van der Waals surface area contributed by atoms with E-state index in [0.29, 0.717) is 16.6 Å². The maximum absolute atomic E-state index is 12.7. The summed E-state index contributed by atoms with van der Waals surface area (Å²) in [5.74, 6) is 1.58. The molecule has 0 amide bonds. The summed E-state index contributed by atoms with van der Waals surface area (Å²) in [5, 5.41) is 7.97. The van der Waals surface area contributed by atoms with Crippen LogP contribution in [0.5, 0.6) is 0 Å². The number of carbonyl (C=O) groups is 1. The van der Waals surface area contributed by atoms with E-state index in [-0.39, 0.29) is 0 Å². The highest BCUT2D eigenvalue weighted by Crippen LogP contribution is 2.39. The number of piperazine rings is 1. The van der Waals surface area contributed by atoms with Gasteiger partial charge >= 0.3 is 5.97 Å². The van der Waals surface area contributed by atoms with E-state index in [0.717, 1.165) is 44.1 Å². The number of anilines is 1. The second-order valence-electron chi connectivity index (χ2n) is 10.9. The summed E-state index contributed by atoms with van der Waals surface area (Å²) in [5.41, 5.74) is 3.03. The molecule has 1 saturated heterocycles. The summed E-state index contributed by atoms with van der Waals surface area (Å²) in [7, 11) is 0. The van der Waals surface area contributed by atoms with Crippen molar-refractivity contribution < 1.29 is 9.63 Å². The molecule has 3 aliphatic rings. The lowest BCUT2D eigenvalue weighted by Crippen LogP contribution is -2.51. The van der Waals surface area contributed by atoms with Crippen LogP contribution in [0.2, 0.25) is 0 Å². The number of nitrogens with zero attached hydrogens (tertiary/aromatic N) is 5. The standard InChI is InChI=1S/C29H37N5O2/c35-29(36-34-28-9-5-4-8-27(28)30-31-34)24-12-16-26(17-13-24)33-20-18-32(19-21-33)25-14-10-23(11-15-25)22-6-2-1-3-7-22/h4-5,8-9,12-13,16-17,22-23,25H,1-3,6-7,10-11,14-15,18-21H2/t23-,25-. The van der Waals surface area contributed by atoms with Gasteiger partial charge < -0.3 is 9.74 Å². The number of hydrogen-bond donors (Lipinski definition) is 0. The lowest BCUT2D eigenvalue weighted by atomic mass is 9.72. The van der Waals surface area contributed by atoms with E-state index in [4.69, 9.17) is 4.84 Å². The number of hydrogen-bond acceptors (Lipinski definition) is 6. The zero-order valence-corrected chi connectivity index (χ0v) is 21.1. The molecule has 190 valence electrons. The van der Waals surface area contributed by atoms with Crippen LogP contribution >= 0.6 is 0 Å². The molecule has 3 fully saturated rings. The van der Waals surface area contributed by atoms with Crippen LogP contribution in [0.25, 0.3) is 11.0 Å². The monoisotopic (exact) mass is 487 g/mol. The van der Waals surface area contributed by atoms with Crippen LogP contribution in [0.15, 0.2) is 48.5 Å². The Hall–Kier alpha value is -2.93. The highest BCUT2D eigenvalue weighted by molar-refractivity contribution is 5.90. The Labute approximate surface area is 213 Å². The third kappa shape index (κ3) is 4.99. The van der Waals surface area contributed by atoms with Gasteiger partial charge in [0.2, 0.25) is 0 Å². The van der Waals surface area contributed by atoms with Gasteiger partial charge in [0.1, 0.15) is 11.0 Å². The molecule has 1 aliphatic heterocycles. The second kappa shape index (κ2) is 10.6. The number of para-hydroxylation sites is 1. The molecule has 36 heavy (non-hydrogen) atoms. The van der Waals surface area contributed by atoms with Gasteiger partial charge in [0, 0.05) is 37.9 Å². The van der Waals surface area contributed by atoms with E-state index in [9.17, 15) is 4.79 Å². The molecular formula is C29H37N5O2. The van der Waals surface area contributed by atoms with Crippen LogP contribution in [0, 0.1) is 11.8 Å². The normalized spacial score (nSPS) is 24.2. The molecule has 3 aromatic rings. The van der Waals surface area contributed by atoms with Gasteiger partial charge in [0.15, 0.2) is 0 Å². The van der Waals surface area contributed by atoms with E-state index in [1.54, 1.807) is 0 Å². The zero-order chi connectivity index (χ0) is 24.3. The third-order valence-corrected chi connectivity index (χ3v) is 8.85. The number of benzene rings is 2. The minimum absolute atomic E-state index is 0.439. The van der Waals surface area contributed by atoms with Gasteiger partial charge in [-0.25, -0.2) is 4.79 Å². The summed E-state index contributed by atoms with van der Waals surface area (Å²) in [4.78, 5) is 24.5. The van der Waals surface area contributed by atoms with Gasteiger partial charge in [-0.2, -0.15) is 0 Å². The first-order chi connectivity index (χ1) is 17.7. The fraction of sp³-hybridized carbons (Fsp3) is 0.552. The minimum atomic E-state index is -0.439. The quantitative estimate of drug-likeness (QED) is 0.474. The molecule has 2 saturated carbocycles. The van der Waals surface area contributed by atoms with Gasteiger partial charge in [-0.1, -0.05) is 49.1 Å². The summed E-state index contributed by atoms with van der Waals surface area (Å²) in [6, 6.07) is 15.9. The van der Waals surface area contributed by atoms with Crippen LogP contribution in [-0.4, -0.2) is 58.2 Å². The third-order valence-electron chi connectivity index (χ3n) is 8.85. The van der Waals surface area contributed by atoms with Crippen molar-refractivity contribution in [1.29, 1.82) is 0 Å². The van der Waals surface area contributed by atoms with Crippen molar-refractivity contribution in [3.8, 4) is 0 Å². The maximum Gasteiger partial charge on any atom is 0.365 e. The first-order valence-electron chi connectivity index (χ1n) is 13.9. The molecule has 2 aromatic carbocycles. The Morgan fingerprint density at radius 2 is 1.47 bits per heavy atom. The van der Waals surface area contributed by atoms with Crippen LogP contribution in [0.1, 0.15) is 68.1 Å². The van der Waals surface area contributed by atoms with Crippen LogP contribution in [0.4, 0.5) is 5.69 Å². The van der Waals surface area contributed by atoms with Gasteiger partial charge in [0.05, 0.1) is 5.56 Å². The highest BCUT2D eigenvalue weighted by atomic mass is 16.7. The fourth-order valence-electron chi connectivity index (χ4n) is 6.74. The van der Waals surface area contributed by atoms with Crippen LogP contribution in [-0.2, 0) is 0 Å². The molecular weight excluding hydrogens is 450 g/mol. The summed E-state index contributed by atoms with van der Waals surface area (Å²) >= 11 is 0. The largest absolute Gasteiger partial charge is 0.369 e. The van der Waals surface area contributed by atoms with Crippen molar-refractivity contribution in [2.24, 2.45) is 11.8 Å². The molecule has 6 rings (SSSR count). The van der Waals surface area contributed by atoms with E-state index >= 15 is 0 Å². The fourth-order valence-corrected chi connectivity index (χ4v) is 6.74. The Bertz CT molecular complexity index is 1150. The molecule has 0 N–H and O–H groups in total. The molecule has 0 atom stereocenters. The Morgan fingerprint density at radius 1 is 0.778 bits per heavy atom. The van der Waals surface area contributed by atoms with Crippen molar-refractivity contribution in [2.45, 2.75) is 63.8 Å². The predicted molar refractivity (Wildman–Crippen MR) is 141 cm³/mol. The Morgan fingerprint density at radius 3 is 2.22 bits per heavy atom. The molecule has 0 unspecified atom stereocenters. The number of rotatable bonds is 5. The summed E-state index contributed by atoms with van der Waals surface area (Å²) in [6.45, 7) is 4.33. The van der Waals surface area contributed by atoms with E-state index in [1.165, 1.54) is 68.3 Å². The van der Waals surface area contributed by atoms with Crippen molar-refractivity contribution in [1.82, 2.24) is 20.1 Å². The highest BCUT2D eigenvalue weighted by Gasteiger charge is 2.32. The topological polar surface area (TPSA) is 63.5 Å². The van der Waals surface area contributed by atoms with E-state index < -0.39 is 5.97 Å². The summed E-state index contributed by atoms with van der Waals surface area (Å²) in [6.07, 6.45) is 13.0. The lowest BCUT2D eigenvalue weighted by molar-refractivity contribution is 0.0409. The first-order valence-corrected chi connectivity index (χ1v) is 13.9. The van der Waals surface area contributed by atoms with Crippen molar-refractivity contribution in [3.63, 3.8) is 0 Å². The predicted octanol–water partition coefficient (Wildman–Crippen LogP) is 4.96. The smallest absolute Gasteiger partial charge is 0.365 e. The lowest BCUT2D eigenvalue weighted by Gasteiger charge is -2.44. The van der Waals surface area contributed by atoms with E-state index in [1.807, 2.05) is 48.5 Å². The number of fused-ring (bicyclic) bond motifs is 1.